The van der Waals surface area contributed by atoms with Gasteiger partial charge in [0.2, 0.25) is 0 Å². The van der Waals surface area contributed by atoms with Gasteiger partial charge in [0, 0.05) is 5.57 Å². The zero-order chi connectivity index (χ0) is 12.7. The molecule has 1 aliphatic rings. The van der Waals surface area contributed by atoms with Crippen LogP contribution in [0.25, 0.3) is 0 Å². The summed E-state index contributed by atoms with van der Waals surface area (Å²) in [6, 6.07) is 0. The summed E-state index contributed by atoms with van der Waals surface area (Å²) in [5, 5.41) is 0. The lowest BCUT2D eigenvalue weighted by Crippen LogP contribution is -2.22. The van der Waals surface area contributed by atoms with Crippen LogP contribution in [-0.4, -0.2) is 24.6 Å². The van der Waals surface area contributed by atoms with Crippen LogP contribution in [0.4, 0.5) is 0 Å². The average Bonchev–Trinajstić information content (AvgIpc) is 2.30. The lowest BCUT2D eigenvalue weighted by atomic mass is 9.98. The number of carbonyl (C=O) groups is 2. The Kier molecular flexibility index (Phi) is 5.73. The SMILES string of the molecule is C=C(C)C(=O)OCCC(=O)OC1CCCCC1. The number of rotatable bonds is 5. The summed E-state index contributed by atoms with van der Waals surface area (Å²) < 4.78 is 10.1. The summed E-state index contributed by atoms with van der Waals surface area (Å²) in [5.41, 5.74) is 0.339. The number of carbonyl (C=O) groups excluding carboxylic acids is 2. The van der Waals surface area contributed by atoms with Crippen LogP contribution < -0.4 is 0 Å². The molecule has 0 atom stereocenters. The Balaban J connectivity index is 2.12. The van der Waals surface area contributed by atoms with Crippen molar-refractivity contribution >= 4 is 11.9 Å². The molecule has 1 fully saturated rings. The van der Waals surface area contributed by atoms with E-state index in [1.807, 2.05) is 0 Å². The summed E-state index contributed by atoms with van der Waals surface area (Å²) in [6.07, 6.45) is 5.58. The molecule has 0 aromatic carbocycles. The Hall–Kier alpha value is -1.32. The molecule has 0 radical (unpaired) electrons. The Bertz CT molecular complexity index is 290. The van der Waals surface area contributed by atoms with Gasteiger partial charge < -0.3 is 9.47 Å². The van der Waals surface area contributed by atoms with Crippen molar-refractivity contribution in [1.29, 1.82) is 0 Å². The van der Waals surface area contributed by atoms with Crippen LogP contribution in [-0.2, 0) is 19.1 Å². The van der Waals surface area contributed by atoms with Crippen molar-refractivity contribution in [2.75, 3.05) is 6.61 Å². The number of hydrogen-bond acceptors (Lipinski definition) is 4. The zero-order valence-electron chi connectivity index (χ0n) is 10.4. The number of ether oxygens (including phenoxy) is 2. The van der Waals surface area contributed by atoms with E-state index in [0.717, 1.165) is 25.7 Å². The van der Waals surface area contributed by atoms with Crippen molar-refractivity contribution in [2.24, 2.45) is 0 Å². The lowest BCUT2D eigenvalue weighted by molar-refractivity contribution is -0.153. The highest BCUT2D eigenvalue weighted by atomic mass is 16.6. The minimum absolute atomic E-state index is 0.0630. The van der Waals surface area contributed by atoms with Crippen LogP contribution in [0.1, 0.15) is 45.4 Å². The maximum atomic E-state index is 11.4. The van der Waals surface area contributed by atoms with E-state index in [1.165, 1.54) is 6.42 Å². The largest absolute Gasteiger partial charge is 0.462 e. The molecule has 17 heavy (non-hydrogen) atoms. The van der Waals surface area contributed by atoms with Crippen LogP contribution in [0.15, 0.2) is 12.2 Å². The summed E-state index contributed by atoms with van der Waals surface area (Å²) in [4.78, 5) is 22.5. The third-order valence-corrected chi connectivity index (χ3v) is 2.74. The Morgan fingerprint density at radius 3 is 2.47 bits per heavy atom. The third kappa shape index (κ3) is 5.52. The second-order valence-corrected chi connectivity index (χ2v) is 4.42. The molecule has 0 spiro atoms. The molecule has 0 aliphatic heterocycles. The van der Waals surface area contributed by atoms with Crippen molar-refractivity contribution in [1.82, 2.24) is 0 Å². The number of esters is 2. The van der Waals surface area contributed by atoms with Gasteiger partial charge in [0.05, 0.1) is 6.42 Å². The van der Waals surface area contributed by atoms with Crippen LogP contribution in [0.2, 0.25) is 0 Å². The maximum Gasteiger partial charge on any atom is 0.333 e. The van der Waals surface area contributed by atoms with Crippen molar-refractivity contribution in [3.63, 3.8) is 0 Å². The first-order valence-corrected chi connectivity index (χ1v) is 6.11. The summed E-state index contributed by atoms with van der Waals surface area (Å²) in [6.45, 7) is 5.09. The molecule has 0 N–H and O–H groups in total. The molecule has 0 bridgehead atoms. The fourth-order valence-electron chi connectivity index (χ4n) is 1.78. The molecule has 1 aliphatic carbocycles. The molecule has 0 aromatic rings. The van der Waals surface area contributed by atoms with Crippen LogP contribution in [0.3, 0.4) is 0 Å². The molecule has 96 valence electrons. The Labute approximate surface area is 102 Å². The smallest absolute Gasteiger partial charge is 0.333 e. The van der Waals surface area contributed by atoms with Gasteiger partial charge in [-0.25, -0.2) is 4.79 Å². The molecular weight excluding hydrogens is 220 g/mol. The van der Waals surface area contributed by atoms with Gasteiger partial charge in [-0.3, -0.25) is 4.79 Å². The van der Waals surface area contributed by atoms with E-state index >= 15 is 0 Å². The molecule has 1 rings (SSSR count). The predicted octanol–water partition coefficient (Wildman–Crippen LogP) is 2.37. The maximum absolute atomic E-state index is 11.4. The normalized spacial score (nSPS) is 16.3. The topological polar surface area (TPSA) is 52.6 Å². The Morgan fingerprint density at radius 2 is 1.88 bits per heavy atom. The van der Waals surface area contributed by atoms with Crippen molar-refractivity contribution < 1.29 is 19.1 Å². The first kappa shape index (κ1) is 13.7. The number of hydrogen-bond donors (Lipinski definition) is 0. The zero-order valence-corrected chi connectivity index (χ0v) is 10.4. The fourth-order valence-corrected chi connectivity index (χ4v) is 1.78. The molecule has 4 heteroatoms. The quantitative estimate of drug-likeness (QED) is 0.547. The van der Waals surface area contributed by atoms with E-state index in [2.05, 4.69) is 6.58 Å². The molecule has 0 unspecified atom stereocenters. The van der Waals surface area contributed by atoms with Crippen LogP contribution >= 0.6 is 0 Å². The van der Waals surface area contributed by atoms with Crippen molar-refractivity contribution in [3.05, 3.63) is 12.2 Å². The van der Waals surface area contributed by atoms with E-state index in [4.69, 9.17) is 9.47 Å². The second kappa shape index (κ2) is 7.09. The van der Waals surface area contributed by atoms with Crippen molar-refractivity contribution in [3.8, 4) is 0 Å². The van der Waals surface area contributed by atoms with E-state index in [-0.39, 0.29) is 25.1 Å². The van der Waals surface area contributed by atoms with Gasteiger partial charge in [0.25, 0.3) is 0 Å². The van der Waals surface area contributed by atoms with Crippen molar-refractivity contribution in [2.45, 2.75) is 51.6 Å². The summed E-state index contributed by atoms with van der Waals surface area (Å²) in [7, 11) is 0. The molecule has 4 nitrogen and oxygen atoms in total. The second-order valence-electron chi connectivity index (χ2n) is 4.42. The average molecular weight is 240 g/mol. The van der Waals surface area contributed by atoms with E-state index in [1.54, 1.807) is 6.92 Å². The van der Waals surface area contributed by atoms with E-state index in [0.29, 0.717) is 5.57 Å². The summed E-state index contributed by atoms with van der Waals surface area (Å²) in [5.74, 6) is -0.748. The van der Waals surface area contributed by atoms with Gasteiger partial charge in [-0.1, -0.05) is 13.0 Å². The molecule has 0 saturated heterocycles. The monoisotopic (exact) mass is 240 g/mol. The molecule has 0 aromatic heterocycles. The first-order valence-electron chi connectivity index (χ1n) is 6.11. The third-order valence-electron chi connectivity index (χ3n) is 2.74. The highest BCUT2D eigenvalue weighted by Gasteiger charge is 2.17. The van der Waals surface area contributed by atoms with Gasteiger partial charge in [-0.05, 0) is 32.6 Å². The van der Waals surface area contributed by atoms with Gasteiger partial charge >= 0.3 is 11.9 Å². The Morgan fingerprint density at radius 1 is 1.24 bits per heavy atom. The summed E-state index contributed by atoms with van der Waals surface area (Å²) >= 11 is 0. The standard InChI is InChI=1S/C13H20O4/c1-10(2)13(15)16-9-8-12(14)17-11-6-4-3-5-7-11/h11H,1,3-9H2,2H3. The predicted molar refractivity (Wildman–Crippen MR) is 63.4 cm³/mol. The molecule has 0 amide bonds. The highest BCUT2D eigenvalue weighted by molar-refractivity contribution is 5.87. The fraction of sp³-hybridized carbons (Fsp3) is 0.692. The minimum atomic E-state index is -0.463. The van der Waals surface area contributed by atoms with Crippen LogP contribution in [0, 0.1) is 0 Å². The lowest BCUT2D eigenvalue weighted by Gasteiger charge is -2.21. The van der Waals surface area contributed by atoms with Gasteiger partial charge in [0.15, 0.2) is 0 Å². The van der Waals surface area contributed by atoms with E-state index in [9.17, 15) is 9.59 Å². The molecule has 1 saturated carbocycles. The van der Waals surface area contributed by atoms with Crippen LogP contribution in [0.5, 0.6) is 0 Å². The first-order chi connectivity index (χ1) is 8.09. The van der Waals surface area contributed by atoms with Gasteiger partial charge in [-0.2, -0.15) is 0 Å². The van der Waals surface area contributed by atoms with Gasteiger partial charge in [0.1, 0.15) is 12.7 Å². The molecule has 0 heterocycles. The van der Waals surface area contributed by atoms with Gasteiger partial charge in [-0.15, -0.1) is 0 Å². The minimum Gasteiger partial charge on any atom is -0.462 e. The van der Waals surface area contributed by atoms with E-state index < -0.39 is 5.97 Å². The molecular formula is C13H20O4. The highest BCUT2D eigenvalue weighted by Crippen LogP contribution is 2.20.